The first-order chi connectivity index (χ1) is 12.0. The molecule has 2 rings (SSSR count). The number of likely N-dealkylation sites (tertiary alicyclic amines) is 1. The fraction of sp³-hybridized carbons (Fsp3) is 0.950. The van der Waals surface area contributed by atoms with Crippen molar-refractivity contribution in [2.75, 3.05) is 39.8 Å². The van der Waals surface area contributed by atoms with Gasteiger partial charge in [0.05, 0.1) is 6.10 Å². The van der Waals surface area contributed by atoms with Gasteiger partial charge in [0, 0.05) is 38.7 Å². The van der Waals surface area contributed by atoms with Gasteiger partial charge in [0.25, 0.3) is 0 Å². The summed E-state index contributed by atoms with van der Waals surface area (Å²) in [5, 5.41) is 7.10. The Hall–Kier alpha value is -0.810. The molecule has 0 radical (unpaired) electrons. The van der Waals surface area contributed by atoms with Gasteiger partial charge in [0.15, 0.2) is 5.96 Å². The third-order valence-electron chi connectivity index (χ3n) is 5.69. The van der Waals surface area contributed by atoms with Crippen LogP contribution in [-0.2, 0) is 4.74 Å². The molecule has 0 aromatic rings. The van der Waals surface area contributed by atoms with E-state index in [-0.39, 0.29) is 5.41 Å². The number of guanidine groups is 1. The SMILES string of the molecule is CCC(CNC(=NC)NCC1CCCOC1C(C)(C)C)N1CCCC1. The summed E-state index contributed by atoms with van der Waals surface area (Å²) in [7, 11) is 1.87. The summed E-state index contributed by atoms with van der Waals surface area (Å²) in [6.07, 6.45) is 6.60. The Balaban J connectivity index is 1.80. The largest absolute Gasteiger partial charge is 0.377 e. The first-order valence-electron chi connectivity index (χ1n) is 10.3. The predicted molar refractivity (Wildman–Crippen MR) is 106 cm³/mol. The van der Waals surface area contributed by atoms with Gasteiger partial charge in [-0.3, -0.25) is 9.89 Å². The average Bonchev–Trinajstić information content (AvgIpc) is 3.12. The third kappa shape index (κ3) is 6.14. The Morgan fingerprint density at radius 3 is 2.52 bits per heavy atom. The lowest BCUT2D eigenvalue weighted by Gasteiger charge is -2.40. The minimum Gasteiger partial charge on any atom is -0.377 e. The van der Waals surface area contributed by atoms with E-state index in [1.54, 1.807) is 0 Å². The summed E-state index contributed by atoms with van der Waals surface area (Å²) >= 11 is 0. The van der Waals surface area contributed by atoms with E-state index in [0.29, 0.717) is 18.1 Å². The van der Waals surface area contributed by atoms with Crippen LogP contribution < -0.4 is 10.6 Å². The molecule has 2 aliphatic heterocycles. The monoisotopic (exact) mass is 352 g/mol. The molecule has 0 aliphatic carbocycles. The quantitative estimate of drug-likeness (QED) is 0.570. The molecule has 3 atom stereocenters. The van der Waals surface area contributed by atoms with Crippen LogP contribution in [0.4, 0.5) is 0 Å². The second-order valence-electron chi connectivity index (χ2n) is 8.70. The lowest BCUT2D eigenvalue weighted by Crippen LogP contribution is -2.49. The van der Waals surface area contributed by atoms with Gasteiger partial charge >= 0.3 is 0 Å². The van der Waals surface area contributed by atoms with Gasteiger partial charge in [0.2, 0.25) is 0 Å². The zero-order valence-electron chi connectivity index (χ0n) is 17.1. The van der Waals surface area contributed by atoms with E-state index in [0.717, 1.165) is 32.1 Å². The Morgan fingerprint density at radius 1 is 1.20 bits per heavy atom. The van der Waals surface area contributed by atoms with Crippen LogP contribution in [0.25, 0.3) is 0 Å². The third-order valence-corrected chi connectivity index (χ3v) is 5.69. The molecule has 3 unspecified atom stereocenters. The Labute approximate surface area is 155 Å². The van der Waals surface area contributed by atoms with Crippen molar-refractivity contribution < 1.29 is 4.74 Å². The molecule has 0 aromatic carbocycles. The van der Waals surface area contributed by atoms with Gasteiger partial charge in [0.1, 0.15) is 0 Å². The molecule has 0 bridgehead atoms. The molecule has 2 saturated heterocycles. The van der Waals surface area contributed by atoms with Gasteiger partial charge in [-0.05, 0) is 50.6 Å². The van der Waals surface area contributed by atoms with Crippen molar-refractivity contribution in [1.29, 1.82) is 0 Å². The van der Waals surface area contributed by atoms with Crippen LogP contribution in [-0.4, -0.2) is 62.8 Å². The predicted octanol–water partition coefficient (Wildman–Crippen LogP) is 2.87. The highest BCUT2D eigenvalue weighted by Crippen LogP contribution is 2.33. The molecule has 146 valence electrons. The molecule has 25 heavy (non-hydrogen) atoms. The van der Waals surface area contributed by atoms with Crippen LogP contribution in [0.2, 0.25) is 0 Å². The molecular weight excluding hydrogens is 312 g/mol. The zero-order valence-corrected chi connectivity index (χ0v) is 17.1. The van der Waals surface area contributed by atoms with Crippen molar-refractivity contribution >= 4 is 5.96 Å². The van der Waals surface area contributed by atoms with Crippen LogP contribution in [0, 0.1) is 11.3 Å². The van der Waals surface area contributed by atoms with Crippen LogP contribution in [0.5, 0.6) is 0 Å². The van der Waals surface area contributed by atoms with Crippen LogP contribution >= 0.6 is 0 Å². The molecule has 5 heteroatoms. The summed E-state index contributed by atoms with van der Waals surface area (Å²) in [5.74, 6) is 1.48. The van der Waals surface area contributed by atoms with E-state index < -0.39 is 0 Å². The van der Waals surface area contributed by atoms with Crippen molar-refractivity contribution in [3.63, 3.8) is 0 Å². The number of ether oxygens (including phenoxy) is 1. The molecule has 0 amide bonds. The fourth-order valence-corrected chi connectivity index (χ4v) is 4.31. The van der Waals surface area contributed by atoms with Crippen molar-refractivity contribution in [2.45, 2.75) is 71.9 Å². The number of rotatable bonds is 6. The highest BCUT2D eigenvalue weighted by atomic mass is 16.5. The molecule has 0 saturated carbocycles. The topological polar surface area (TPSA) is 48.9 Å². The fourth-order valence-electron chi connectivity index (χ4n) is 4.31. The van der Waals surface area contributed by atoms with Crippen LogP contribution in [0.15, 0.2) is 4.99 Å². The lowest BCUT2D eigenvalue weighted by atomic mass is 9.78. The van der Waals surface area contributed by atoms with Gasteiger partial charge in [-0.2, -0.15) is 0 Å². The van der Waals surface area contributed by atoms with Gasteiger partial charge in [-0.25, -0.2) is 0 Å². The van der Waals surface area contributed by atoms with Gasteiger partial charge in [-0.1, -0.05) is 27.7 Å². The molecular formula is C20H40N4O. The van der Waals surface area contributed by atoms with Crippen molar-refractivity contribution in [2.24, 2.45) is 16.3 Å². The summed E-state index contributed by atoms with van der Waals surface area (Å²) in [6.45, 7) is 14.4. The maximum Gasteiger partial charge on any atom is 0.191 e. The Morgan fingerprint density at radius 2 is 1.92 bits per heavy atom. The van der Waals surface area contributed by atoms with Crippen molar-refractivity contribution in [3.05, 3.63) is 0 Å². The summed E-state index contributed by atoms with van der Waals surface area (Å²) in [6, 6.07) is 0.612. The minimum absolute atomic E-state index is 0.187. The second kappa shape index (κ2) is 9.77. The Bertz CT molecular complexity index is 412. The molecule has 2 N–H and O–H groups in total. The highest BCUT2D eigenvalue weighted by molar-refractivity contribution is 5.79. The van der Waals surface area contributed by atoms with Gasteiger partial charge in [-0.15, -0.1) is 0 Å². The first kappa shape index (κ1) is 20.5. The standard InChI is InChI=1S/C20H40N4O/c1-6-17(24-11-7-8-12-24)15-23-19(21-5)22-14-16-10-9-13-25-18(16)20(2,3)4/h16-18H,6-15H2,1-5H3,(H2,21,22,23). The first-order valence-corrected chi connectivity index (χ1v) is 10.3. The number of nitrogens with zero attached hydrogens (tertiary/aromatic N) is 2. The van der Waals surface area contributed by atoms with Crippen molar-refractivity contribution in [1.82, 2.24) is 15.5 Å². The summed E-state index contributed by atoms with van der Waals surface area (Å²) in [4.78, 5) is 7.04. The molecule has 0 aromatic heterocycles. The molecule has 2 aliphatic rings. The minimum atomic E-state index is 0.187. The van der Waals surface area contributed by atoms with E-state index >= 15 is 0 Å². The average molecular weight is 353 g/mol. The van der Waals surface area contributed by atoms with E-state index in [1.165, 1.54) is 38.8 Å². The maximum atomic E-state index is 6.10. The maximum absolute atomic E-state index is 6.10. The number of aliphatic imine (C=N–C) groups is 1. The molecule has 2 fully saturated rings. The van der Waals surface area contributed by atoms with Crippen LogP contribution in [0.1, 0.15) is 59.8 Å². The number of hydrogen-bond acceptors (Lipinski definition) is 3. The van der Waals surface area contributed by atoms with E-state index in [2.05, 4.69) is 48.2 Å². The van der Waals surface area contributed by atoms with Crippen LogP contribution in [0.3, 0.4) is 0 Å². The summed E-state index contributed by atoms with van der Waals surface area (Å²) in [5.41, 5.74) is 0.187. The second-order valence-corrected chi connectivity index (χ2v) is 8.70. The smallest absolute Gasteiger partial charge is 0.191 e. The normalized spacial score (nSPS) is 27.3. The number of hydrogen-bond donors (Lipinski definition) is 2. The van der Waals surface area contributed by atoms with E-state index in [4.69, 9.17) is 4.74 Å². The molecule has 2 heterocycles. The Kier molecular flexibility index (Phi) is 8.01. The molecule has 5 nitrogen and oxygen atoms in total. The highest BCUT2D eigenvalue weighted by Gasteiger charge is 2.35. The van der Waals surface area contributed by atoms with E-state index in [1.807, 2.05) is 7.05 Å². The van der Waals surface area contributed by atoms with E-state index in [9.17, 15) is 0 Å². The lowest BCUT2D eigenvalue weighted by molar-refractivity contribution is -0.0835. The summed E-state index contributed by atoms with van der Waals surface area (Å²) < 4.78 is 6.10. The number of nitrogens with one attached hydrogen (secondary N) is 2. The van der Waals surface area contributed by atoms with Gasteiger partial charge < -0.3 is 15.4 Å². The zero-order chi connectivity index (χ0) is 18.3. The van der Waals surface area contributed by atoms with Crippen molar-refractivity contribution in [3.8, 4) is 0 Å². The molecule has 0 spiro atoms.